The van der Waals surface area contributed by atoms with E-state index >= 15 is 0 Å². The van der Waals surface area contributed by atoms with Crippen LogP contribution in [-0.2, 0) is 0 Å². The second-order valence-corrected chi connectivity index (χ2v) is 3.61. The third kappa shape index (κ3) is 1.91. The van der Waals surface area contributed by atoms with Crippen LogP contribution < -0.4 is 11.5 Å². The quantitative estimate of drug-likeness (QED) is 0.808. The van der Waals surface area contributed by atoms with E-state index in [0.717, 1.165) is 0 Å². The molecule has 7 heteroatoms. The second kappa shape index (κ2) is 4.03. The summed E-state index contributed by atoms with van der Waals surface area (Å²) in [6.07, 6.45) is -1.64. The van der Waals surface area contributed by atoms with Crippen molar-refractivity contribution in [1.29, 1.82) is 0 Å². The Labute approximate surface area is 91.8 Å². The van der Waals surface area contributed by atoms with Crippen molar-refractivity contribution in [2.75, 3.05) is 5.73 Å². The fourth-order valence-electron chi connectivity index (χ4n) is 0.934. The molecule has 0 saturated carbocycles. The van der Waals surface area contributed by atoms with Gasteiger partial charge in [0.05, 0.1) is 14.8 Å². The fourth-order valence-corrected chi connectivity index (χ4v) is 1.36. The van der Waals surface area contributed by atoms with Crippen LogP contribution in [0, 0.1) is 3.57 Å². The summed E-state index contributed by atoms with van der Waals surface area (Å²) in [5, 5.41) is 0. The SMILES string of the molecule is NC(=O)c1ncc(I)c(N)c1C(F)F. The van der Waals surface area contributed by atoms with E-state index in [1.807, 2.05) is 0 Å². The first-order valence-corrected chi connectivity index (χ1v) is 4.54. The lowest BCUT2D eigenvalue weighted by atomic mass is 10.1. The van der Waals surface area contributed by atoms with Gasteiger partial charge in [0.25, 0.3) is 12.3 Å². The average Bonchev–Trinajstić information content (AvgIpc) is 2.08. The molecule has 0 aliphatic rings. The lowest BCUT2D eigenvalue weighted by molar-refractivity contribution is 0.0980. The molecule has 4 nitrogen and oxygen atoms in total. The highest BCUT2D eigenvalue weighted by atomic mass is 127. The van der Waals surface area contributed by atoms with Gasteiger partial charge in [-0.15, -0.1) is 0 Å². The molecular formula is C7H6F2IN3O. The van der Waals surface area contributed by atoms with Gasteiger partial charge in [-0.3, -0.25) is 4.79 Å². The van der Waals surface area contributed by atoms with E-state index in [0.29, 0.717) is 3.57 Å². The molecule has 14 heavy (non-hydrogen) atoms. The number of rotatable bonds is 2. The normalized spacial score (nSPS) is 10.6. The number of pyridine rings is 1. The maximum atomic E-state index is 12.5. The number of carbonyl (C=O) groups excluding carboxylic acids is 1. The van der Waals surface area contributed by atoms with Gasteiger partial charge in [0.1, 0.15) is 5.69 Å². The average molecular weight is 313 g/mol. The number of halogens is 3. The van der Waals surface area contributed by atoms with Gasteiger partial charge in [0.2, 0.25) is 0 Å². The molecule has 0 spiro atoms. The highest BCUT2D eigenvalue weighted by molar-refractivity contribution is 14.1. The van der Waals surface area contributed by atoms with E-state index in [9.17, 15) is 13.6 Å². The molecule has 1 aromatic heterocycles. The lowest BCUT2D eigenvalue weighted by Crippen LogP contribution is -2.18. The molecule has 1 amide bonds. The molecule has 0 radical (unpaired) electrons. The van der Waals surface area contributed by atoms with Crippen molar-refractivity contribution in [3.63, 3.8) is 0 Å². The first-order chi connectivity index (χ1) is 6.45. The summed E-state index contributed by atoms with van der Waals surface area (Å²) in [6.45, 7) is 0. The van der Waals surface area contributed by atoms with Crippen molar-refractivity contribution in [1.82, 2.24) is 4.98 Å². The zero-order valence-electron chi connectivity index (χ0n) is 6.80. The Morgan fingerprint density at radius 1 is 1.57 bits per heavy atom. The van der Waals surface area contributed by atoms with E-state index in [1.165, 1.54) is 6.20 Å². The number of amides is 1. The minimum Gasteiger partial charge on any atom is -0.397 e. The van der Waals surface area contributed by atoms with Gasteiger partial charge in [0, 0.05) is 6.20 Å². The Morgan fingerprint density at radius 2 is 2.14 bits per heavy atom. The molecule has 76 valence electrons. The Hall–Kier alpha value is -0.990. The van der Waals surface area contributed by atoms with E-state index < -0.39 is 23.6 Å². The largest absolute Gasteiger partial charge is 0.397 e. The first kappa shape index (κ1) is 11.1. The summed E-state index contributed by atoms with van der Waals surface area (Å²) >= 11 is 1.75. The van der Waals surface area contributed by atoms with Crippen LogP contribution in [0.15, 0.2) is 6.20 Å². The molecule has 0 fully saturated rings. The van der Waals surface area contributed by atoms with Gasteiger partial charge < -0.3 is 11.5 Å². The van der Waals surface area contributed by atoms with E-state index in [4.69, 9.17) is 11.5 Å². The molecule has 4 N–H and O–H groups in total. The van der Waals surface area contributed by atoms with Crippen LogP contribution >= 0.6 is 22.6 Å². The summed E-state index contributed by atoms with van der Waals surface area (Å²) in [4.78, 5) is 14.3. The molecule has 1 heterocycles. The number of aromatic nitrogens is 1. The Morgan fingerprint density at radius 3 is 2.57 bits per heavy atom. The van der Waals surface area contributed by atoms with Crippen LogP contribution in [0.25, 0.3) is 0 Å². The van der Waals surface area contributed by atoms with E-state index in [1.54, 1.807) is 22.6 Å². The minimum atomic E-state index is -2.86. The standard InChI is InChI=1S/C7H6F2IN3O/c8-6(9)3-4(11)2(10)1-13-5(3)7(12)14/h1,6H,(H2,11,13)(H2,12,14). The maximum Gasteiger partial charge on any atom is 0.268 e. The van der Waals surface area contributed by atoms with Gasteiger partial charge in [-0.2, -0.15) is 0 Å². The van der Waals surface area contributed by atoms with Crippen molar-refractivity contribution < 1.29 is 13.6 Å². The van der Waals surface area contributed by atoms with Crippen LogP contribution in [0.3, 0.4) is 0 Å². The third-order valence-corrected chi connectivity index (χ3v) is 2.42. The first-order valence-electron chi connectivity index (χ1n) is 3.47. The van der Waals surface area contributed by atoms with Crippen molar-refractivity contribution in [3.05, 3.63) is 21.0 Å². The molecule has 0 aliphatic heterocycles. The summed E-state index contributed by atoms with van der Waals surface area (Å²) < 4.78 is 25.4. The number of hydrogen-bond donors (Lipinski definition) is 2. The summed E-state index contributed by atoms with van der Waals surface area (Å²) in [6, 6.07) is 0. The van der Waals surface area contributed by atoms with Gasteiger partial charge in [-0.05, 0) is 22.6 Å². The van der Waals surface area contributed by atoms with Crippen molar-refractivity contribution in [3.8, 4) is 0 Å². The number of nitrogens with two attached hydrogens (primary N) is 2. The van der Waals surface area contributed by atoms with E-state index in [2.05, 4.69) is 4.98 Å². The third-order valence-electron chi connectivity index (χ3n) is 1.56. The highest BCUT2D eigenvalue weighted by Crippen LogP contribution is 2.30. The van der Waals surface area contributed by atoms with E-state index in [-0.39, 0.29) is 5.69 Å². The maximum absolute atomic E-state index is 12.5. The van der Waals surface area contributed by atoms with Crippen LogP contribution in [0.5, 0.6) is 0 Å². The minimum absolute atomic E-state index is 0.149. The van der Waals surface area contributed by atoms with Crippen molar-refractivity contribution in [2.24, 2.45) is 5.73 Å². The van der Waals surface area contributed by atoms with Gasteiger partial charge in [0.15, 0.2) is 0 Å². The molecule has 0 bridgehead atoms. The molecule has 0 saturated heterocycles. The zero-order valence-corrected chi connectivity index (χ0v) is 8.96. The lowest BCUT2D eigenvalue weighted by Gasteiger charge is -2.09. The number of nitrogens with zero attached hydrogens (tertiary/aromatic N) is 1. The molecule has 0 unspecified atom stereocenters. The van der Waals surface area contributed by atoms with Crippen molar-refractivity contribution >= 4 is 34.2 Å². The second-order valence-electron chi connectivity index (χ2n) is 2.45. The number of hydrogen-bond acceptors (Lipinski definition) is 3. The molecular weight excluding hydrogens is 307 g/mol. The van der Waals surface area contributed by atoms with Crippen LogP contribution in [0.4, 0.5) is 14.5 Å². The monoisotopic (exact) mass is 313 g/mol. The summed E-state index contributed by atoms with van der Waals surface area (Å²) in [7, 11) is 0. The number of primary amides is 1. The molecule has 0 atom stereocenters. The topological polar surface area (TPSA) is 82.0 Å². The summed E-state index contributed by atoms with van der Waals surface area (Å²) in [5.74, 6) is -1.01. The van der Waals surface area contributed by atoms with Gasteiger partial charge in [-0.25, -0.2) is 13.8 Å². The zero-order chi connectivity index (χ0) is 10.9. The van der Waals surface area contributed by atoms with Crippen LogP contribution in [0.1, 0.15) is 22.5 Å². The number of nitrogen functional groups attached to an aromatic ring is 1. The van der Waals surface area contributed by atoms with Gasteiger partial charge in [-0.1, -0.05) is 0 Å². The van der Waals surface area contributed by atoms with Crippen LogP contribution in [-0.4, -0.2) is 10.9 Å². The molecule has 1 rings (SSSR count). The highest BCUT2D eigenvalue weighted by Gasteiger charge is 2.22. The number of alkyl halides is 2. The van der Waals surface area contributed by atoms with Gasteiger partial charge >= 0.3 is 0 Å². The van der Waals surface area contributed by atoms with Crippen LogP contribution in [0.2, 0.25) is 0 Å². The predicted molar refractivity (Wildman–Crippen MR) is 54.8 cm³/mol. The number of carbonyl (C=O) groups is 1. The van der Waals surface area contributed by atoms with Crippen molar-refractivity contribution in [2.45, 2.75) is 6.43 Å². The Balaban J connectivity index is 3.45. The predicted octanol–water partition coefficient (Wildman–Crippen LogP) is 1.30. The molecule has 0 aliphatic carbocycles. The molecule has 0 aromatic carbocycles. The number of anilines is 1. The summed E-state index contributed by atoms with van der Waals surface area (Å²) in [5.41, 5.74) is 9.05. The Bertz CT molecular complexity index is 383. The fraction of sp³-hybridized carbons (Fsp3) is 0.143. The molecule has 1 aromatic rings. The smallest absolute Gasteiger partial charge is 0.268 e. The Kier molecular flexibility index (Phi) is 3.19.